The lowest BCUT2D eigenvalue weighted by Crippen LogP contribution is -2.31. The predicted octanol–water partition coefficient (Wildman–Crippen LogP) is 1.61. The quantitative estimate of drug-likeness (QED) is 0.713. The molecule has 2 fully saturated rings. The molecule has 1 heterocycles. The van der Waals surface area contributed by atoms with Gasteiger partial charge in [-0.05, 0) is 32.2 Å². The first-order valence-corrected chi connectivity index (χ1v) is 6.83. The number of rotatable bonds is 4. The third-order valence-electron chi connectivity index (χ3n) is 4.09. The van der Waals surface area contributed by atoms with Crippen molar-refractivity contribution in [1.29, 1.82) is 0 Å². The fourth-order valence-electron chi connectivity index (χ4n) is 3.17. The molecule has 3 atom stereocenters. The Hall–Kier alpha value is -0.410. The summed E-state index contributed by atoms with van der Waals surface area (Å²) in [5, 5.41) is 3.55. The summed E-state index contributed by atoms with van der Waals surface area (Å²) in [5.41, 5.74) is 5.48. The molecule has 0 bridgehead atoms. The molecule has 1 saturated carbocycles. The molecule has 2 aliphatic rings. The Bertz CT molecular complexity index is 242. The van der Waals surface area contributed by atoms with E-state index in [-0.39, 0.29) is 6.04 Å². The minimum atomic E-state index is 0.139. The second kappa shape index (κ2) is 5.78. The van der Waals surface area contributed by atoms with Crippen LogP contribution in [0.1, 0.15) is 51.4 Å². The number of hydrogen-bond acceptors (Lipinski definition) is 3. The lowest BCUT2D eigenvalue weighted by atomic mass is 9.92. The normalized spacial score (nSPS) is 34.8. The number of nitrogens with one attached hydrogen (secondary N) is 1. The van der Waals surface area contributed by atoms with Gasteiger partial charge in [0.05, 0.1) is 6.04 Å². The van der Waals surface area contributed by atoms with Crippen LogP contribution in [0.4, 0.5) is 0 Å². The number of unbranched alkanes of at least 4 members (excludes halogenated alkanes) is 1. The first-order chi connectivity index (χ1) is 7.83. The fraction of sp³-hybridized carbons (Fsp3) is 0.923. The first kappa shape index (κ1) is 12.1. The summed E-state index contributed by atoms with van der Waals surface area (Å²) >= 11 is 0. The second-order valence-electron chi connectivity index (χ2n) is 5.26. The number of hydrogen-bond donors (Lipinski definition) is 2. The summed E-state index contributed by atoms with van der Waals surface area (Å²) in [7, 11) is 0. The Morgan fingerprint density at radius 3 is 2.81 bits per heavy atom. The van der Waals surface area contributed by atoms with Crippen molar-refractivity contribution in [1.82, 2.24) is 5.32 Å². The van der Waals surface area contributed by atoms with Gasteiger partial charge in [0.15, 0.2) is 5.78 Å². The van der Waals surface area contributed by atoms with Crippen LogP contribution in [0.15, 0.2) is 0 Å². The number of fused-ring (bicyclic) bond motifs is 1. The van der Waals surface area contributed by atoms with E-state index in [0.717, 1.165) is 32.2 Å². The maximum absolute atomic E-state index is 12.2. The molecule has 0 spiro atoms. The maximum atomic E-state index is 12.2. The molecular weight excluding hydrogens is 200 g/mol. The molecule has 2 rings (SSSR count). The van der Waals surface area contributed by atoms with Gasteiger partial charge in [0, 0.05) is 12.0 Å². The van der Waals surface area contributed by atoms with E-state index in [4.69, 9.17) is 5.73 Å². The minimum absolute atomic E-state index is 0.139. The van der Waals surface area contributed by atoms with Crippen molar-refractivity contribution < 1.29 is 4.79 Å². The molecule has 0 aromatic heterocycles. The second-order valence-corrected chi connectivity index (χ2v) is 5.26. The number of carbonyl (C=O) groups excluding carboxylic acids is 1. The molecule has 0 aromatic rings. The van der Waals surface area contributed by atoms with Crippen LogP contribution in [0.25, 0.3) is 0 Å². The highest BCUT2D eigenvalue weighted by molar-refractivity contribution is 5.89. The van der Waals surface area contributed by atoms with Crippen molar-refractivity contribution in [3.63, 3.8) is 0 Å². The zero-order valence-corrected chi connectivity index (χ0v) is 10.1. The third-order valence-corrected chi connectivity index (χ3v) is 4.09. The van der Waals surface area contributed by atoms with E-state index < -0.39 is 0 Å². The standard InChI is InChI=1S/C13H24N2O/c14-9-5-4-8-12-13(16)10-6-2-1-3-7-11(10)15-12/h10-12,15H,1-9,14H2. The molecule has 1 aliphatic carbocycles. The van der Waals surface area contributed by atoms with Gasteiger partial charge in [0.1, 0.15) is 0 Å². The van der Waals surface area contributed by atoms with Crippen LogP contribution >= 0.6 is 0 Å². The van der Waals surface area contributed by atoms with E-state index in [9.17, 15) is 4.79 Å². The van der Waals surface area contributed by atoms with Gasteiger partial charge in [-0.1, -0.05) is 25.7 Å². The van der Waals surface area contributed by atoms with Gasteiger partial charge in [-0.15, -0.1) is 0 Å². The minimum Gasteiger partial charge on any atom is -0.330 e. The molecule has 3 N–H and O–H groups in total. The average molecular weight is 224 g/mol. The predicted molar refractivity (Wildman–Crippen MR) is 65.2 cm³/mol. The van der Waals surface area contributed by atoms with Crippen molar-refractivity contribution in [3.8, 4) is 0 Å². The molecule has 0 radical (unpaired) electrons. The lowest BCUT2D eigenvalue weighted by molar-refractivity contribution is -0.122. The number of Topliss-reactive ketones (excluding diaryl/α,β-unsaturated/α-hetero) is 1. The summed E-state index contributed by atoms with van der Waals surface area (Å²) < 4.78 is 0. The largest absolute Gasteiger partial charge is 0.330 e. The third kappa shape index (κ3) is 2.64. The average Bonchev–Trinajstić information content (AvgIpc) is 2.49. The maximum Gasteiger partial charge on any atom is 0.154 e. The van der Waals surface area contributed by atoms with Crippen molar-refractivity contribution in [3.05, 3.63) is 0 Å². The highest BCUT2D eigenvalue weighted by atomic mass is 16.1. The van der Waals surface area contributed by atoms with Crippen LogP contribution in [0.3, 0.4) is 0 Å². The SMILES string of the molecule is NCCCCC1NC2CCCCCC2C1=O. The Labute approximate surface area is 98.2 Å². The van der Waals surface area contributed by atoms with E-state index in [1.54, 1.807) is 0 Å². The molecule has 92 valence electrons. The number of ketones is 1. The van der Waals surface area contributed by atoms with Gasteiger partial charge in [0.2, 0.25) is 0 Å². The summed E-state index contributed by atoms with van der Waals surface area (Å²) in [6.45, 7) is 0.744. The van der Waals surface area contributed by atoms with Crippen molar-refractivity contribution in [2.24, 2.45) is 11.7 Å². The van der Waals surface area contributed by atoms with E-state index >= 15 is 0 Å². The Morgan fingerprint density at radius 1 is 1.19 bits per heavy atom. The Kier molecular flexibility index (Phi) is 4.36. The van der Waals surface area contributed by atoms with Crippen LogP contribution < -0.4 is 11.1 Å². The molecule has 3 nitrogen and oxygen atoms in total. The topological polar surface area (TPSA) is 55.1 Å². The molecule has 0 aromatic carbocycles. The Balaban J connectivity index is 1.86. The lowest BCUT2D eigenvalue weighted by Gasteiger charge is -2.13. The van der Waals surface area contributed by atoms with Crippen LogP contribution in [0, 0.1) is 5.92 Å². The molecule has 3 heteroatoms. The Morgan fingerprint density at radius 2 is 2.00 bits per heavy atom. The van der Waals surface area contributed by atoms with Gasteiger partial charge in [-0.3, -0.25) is 4.79 Å². The summed E-state index contributed by atoms with van der Waals surface area (Å²) in [5.74, 6) is 0.814. The van der Waals surface area contributed by atoms with Gasteiger partial charge < -0.3 is 11.1 Å². The van der Waals surface area contributed by atoms with Crippen molar-refractivity contribution >= 4 is 5.78 Å². The molecule has 1 aliphatic heterocycles. The van der Waals surface area contributed by atoms with E-state index in [1.165, 1.54) is 25.7 Å². The summed E-state index contributed by atoms with van der Waals surface area (Å²) in [6.07, 6.45) is 9.26. The first-order valence-electron chi connectivity index (χ1n) is 6.83. The van der Waals surface area contributed by atoms with E-state index in [0.29, 0.717) is 17.7 Å². The zero-order chi connectivity index (χ0) is 11.4. The van der Waals surface area contributed by atoms with E-state index in [1.807, 2.05) is 0 Å². The zero-order valence-electron chi connectivity index (χ0n) is 10.1. The fourth-order valence-corrected chi connectivity index (χ4v) is 3.17. The number of carbonyl (C=O) groups is 1. The van der Waals surface area contributed by atoms with E-state index in [2.05, 4.69) is 5.32 Å². The van der Waals surface area contributed by atoms with Crippen molar-refractivity contribution in [2.75, 3.05) is 6.54 Å². The molecule has 1 saturated heterocycles. The summed E-state index contributed by atoms with van der Waals surface area (Å²) in [6, 6.07) is 0.623. The van der Waals surface area contributed by atoms with Crippen molar-refractivity contribution in [2.45, 2.75) is 63.5 Å². The van der Waals surface area contributed by atoms with Gasteiger partial charge >= 0.3 is 0 Å². The monoisotopic (exact) mass is 224 g/mol. The summed E-state index contributed by atoms with van der Waals surface area (Å²) in [4.78, 5) is 12.2. The molecule has 16 heavy (non-hydrogen) atoms. The van der Waals surface area contributed by atoms with Crippen LogP contribution in [0.2, 0.25) is 0 Å². The van der Waals surface area contributed by atoms with Crippen LogP contribution in [-0.2, 0) is 4.79 Å². The molecule has 3 unspecified atom stereocenters. The van der Waals surface area contributed by atoms with Gasteiger partial charge in [0.25, 0.3) is 0 Å². The highest BCUT2D eigenvalue weighted by Gasteiger charge is 2.40. The van der Waals surface area contributed by atoms with Crippen LogP contribution in [0.5, 0.6) is 0 Å². The molecular formula is C13H24N2O. The molecule has 0 amide bonds. The van der Waals surface area contributed by atoms with Crippen LogP contribution in [-0.4, -0.2) is 24.4 Å². The van der Waals surface area contributed by atoms with Gasteiger partial charge in [-0.2, -0.15) is 0 Å². The van der Waals surface area contributed by atoms with Gasteiger partial charge in [-0.25, -0.2) is 0 Å². The smallest absolute Gasteiger partial charge is 0.154 e. The number of nitrogens with two attached hydrogens (primary N) is 1. The highest BCUT2D eigenvalue weighted by Crippen LogP contribution is 2.31.